The third-order valence-corrected chi connectivity index (χ3v) is 6.42. The summed E-state index contributed by atoms with van der Waals surface area (Å²) in [7, 11) is 0. The molecule has 186 valence electrons. The molecule has 1 saturated heterocycles. The summed E-state index contributed by atoms with van der Waals surface area (Å²) < 4.78 is 44.4. The molecule has 0 spiro atoms. The standard InChI is InChI=1S/C25H22F3N5O3/c1-15(23-30-22(31-36-23)16-5-4-6-17(13-16)25(26,27)28)32-9-11-33(12-10-32)24(35)19-14-29-20-8-3-2-7-18(20)21(19)34/h2-8,13-15H,9-12H2,1H3,(H,29,34). The fourth-order valence-corrected chi connectivity index (χ4v) is 4.32. The molecule has 36 heavy (non-hydrogen) atoms. The number of para-hydroxylation sites is 1. The summed E-state index contributed by atoms with van der Waals surface area (Å²) in [5.41, 5.74) is -0.119. The van der Waals surface area contributed by atoms with Crippen LogP contribution in [0.25, 0.3) is 22.3 Å². The van der Waals surface area contributed by atoms with E-state index in [9.17, 15) is 22.8 Å². The first-order chi connectivity index (χ1) is 17.2. The number of aromatic amines is 1. The molecule has 0 saturated carbocycles. The summed E-state index contributed by atoms with van der Waals surface area (Å²) in [5.74, 6) is 0.0133. The topological polar surface area (TPSA) is 95.3 Å². The van der Waals surface area contributed by atoms with Crippen LogP contribution in [0.3, 0.4) is 0 Å². The normalized spacial score (nSPS) is 15.8. The molecule has 4 aromatic rings. The van der Waals surface area contributed by atoms with Crippen molar-refractivity contribution in [3.63, 3.8) is 0 Å². The number of H-pyrrole nitrogens is 1. The van der Waals surface area contributed by atoms with E-state index < -0.39 is 11.7 Å². The maximum atomic E-state index is 13.0. The van der Waals surface area contributed by atoms with Gasteiger partial charge < -0.3 is 14.4 Å². The minimum absolute atomic E-state index is 0.0762. The lowest BCUT2D eigenvalue weighted by atomic mass is 10.1. The molecule has 0 bridgehead atoms. The molecular formula is C25H22F3N5O3. The second kappa shape index (κ2) is 9.23. The highest BCUT2D eigenvalue weighted by atomic mass is 19.4. The van der Waals surface area contributed by atoms with Gasteiger partial charge in [0.2, 0.25) is 17.1 Å². The number of piperazine rings is 1. The van der Waals surface area contributed by atoms with Crippen LogP contribution >= 0.6 is 0 Å². The van der Waals surface area contributed by atoms with Crippen molar-refractivity contribution in [1.82, 2.24) is 24.9 Å². The molecule has 2 aromatic heterocycles. The van der Waals surface area contributed by atoms with Crippen LogP contribution in [0.15, 0.2) is 64.0 Å². The van der Waals surface area contributed by atoms with E-state index >= 15 is 0 Å². The molecule has 1 unspecified atom stereocenters. The number of halogens is 3. The lowest BCUT2D eigenvalue weighted by molar-refractivity contribution is -0.137. The van der Waals surface area contributed by atoms with Gasteiger partial charge in [0.1, 0.15) is 5.56 Å². The summed E-state index contributed by atoms with van der Waals surface area (Å²) in [6.45, 7) is 3.64. The number of amides is 1. The van der Waals surface area contributed by atoms with Gasteiger partial charge in [-0.2, -0.15) is 18.2 Å². The van der Waals surface area contributed by atoms with Gasteiger partial charge in [0.25, 0.3) is 5.91 Å². The van der Waals surface area contributed by atoms with Gasteiger partial charge in [-0.25, -0.2) is 0 Å². The maximum absolute atomic E-state index is 13.0. The molecular weight excluding hydrogens is 475 g/mol. The molecule has 8 nitrogen and oxygen atoms in total. The molecule has 2 aromatic carbocycles. The zero-order valence-electron chi connectivity index (χ0n) is 19.2. The fraction of sp³-hybridized carbons (Fsp3) is 0.280. The lowest BCUT2D eigenvalue weighted by Crippen LogP contribution is -2.50. The Balaban J connectivity index is 1.26. The quantitative estimate of drug-likeness (QED) is 0.456. The highest BCUT2D eigenvalue weighted by molar-refractivity contribution is 5.97. The second-order valence-electron chi connectivity index (χ2n) is 8.62. The number of pyridine rings is 1. The molecule has 5 rings (SSSR count). The molecule has 1 atom stereocenters. The first kappa shape index (κ1) is 23.7. The predicted octanol–water partition coefficient (Wildman–Crippen LogP) is 4.12. The van der Waals surface area contributed by atoms with Gasteiger partial charge in [-0.15, -0.1) is 0 Å². The van der Waals surface area contributed by atoms with Gasteiger partial charge in [0, 0.05) is 48.8 Å². The van der Waals surface area contributed by atoms with Crippen molar-refractivity contribution in [3.8, 4) is 11.4 Å². The van der Waals surface area contributed by atoms with Crippen molar-refractivity contribution in [3.05, 3.63) is 82.0 Å². The number of benzene rings is 2. The van der Waals surface area contributed by atoms with Crippen molar-refractivity contribution in [2.75, 3.05) is 26.2 Å². The van der Waals surface area contributed by atoms with Crippen LogP contribution in [0.4, 0.5) is 13.2 Å². The number of rotatable bonds is 4. The highest BCUT2D eigenvalue weighted by Crippen LogP contribution is 2.32. The second-order valence-corrected chi connectivity index (χ2v) is 8.62. The van der Waals surface area contributed by atoms with E-state index in [-0.39, 0.29) is 40.2 Å². The smallest absolute Gasteiger partial charge is 0.360 e. The van der Waals surface area contributed by atoms with Gasteiger partial charge in [-0.1, -0.05) is 29.4 Å². The Bertz CT molecular complexity index is 1470. The SMILES string of the molecule is CC(c1nc(-c2cccc(C(F)(F)F)c2)no1)N1CCN(C(=O)c2c[nH]c3ccccc3c2=O)CC1. The van der Waals surface area contributed by atoms with Gasteiger partial charge in [0.15, 0.2) is 0 Å². The van der Waals surface area contributed by atoms with E-state index in [1.165, 1.54) is 18.3 Å². The zero-order valence-corrected chi connectivity index (χ0v) is 19.2. The number of aromatic nitrogens is 3. The first-order valence-corrected chi connectivity index (χ1v) is 11.4. The molecule has 1 N–H and O–H groups in total. The van der Waals surface area contributed by atoms with Gasteiger partial charge in [-0.3, -0.25) is 14.5 Å². The van der Waals surface area contributed by atoms with E-state index in [1.54, 1.807) is 23.1 Å². The van der Waals surface area contributed by atoms with Crippen molar-refractivity contribution in [1.29, 1.82) is 0 Å². The van der Waals surface area contributed by atoms with Crippen LogP contribution in [0.1, 0.15) is 34.8 Å². The van der Waals surface area contributed by atoms with Crippen LogP contribution in [0.2, 0.25) is 0 Å². The average Bonchev–Trinajstić information content (AvgIpc) is 3.38. The summed E-state index contributed by atoms with van der Waals surface area (Å²) >= 11 is 0. The Morgan fingerprint density at radius 1 is 1.08 bits per heavy atom. The molecule has 11 heteroatoms. The van der Waals surface area contributed by atoms with E-state index in [0.29, 0.717) is 37.1 Å². The Labute approximate surface area is 203 Å². The lowest BCUT2D eigenvalue weighted by Gasteiger charge is -2.36. The van der Waals surface area contributed by atoms with E-state index in [1.807, 2.05) is 17.9 Å². The summed E-state index contributed by atoms with van der Waals surface area (Å²) in [6, 6.07) is 11.5. The monoisotopic (exact) mass is 497 g/mol. The highest BCUT2D eigenvalue weighted by Gasteiger charge is 2.32. The average molecular weight is 497 g/mol. The molecule has 0 aliphatic carbocycles. The van der Waals surface area contributed by atoms with E-state index in [2.05, 4.69) is 15.1 Å². The molecule has 1 fully saturated rings. The van der Waals surface area contributed by atoms with Gasteiger partial charge in [0.05, 0.1) is 11.6 Å². The number of carbonyl (C=O) groups excluding carboxylic acids is 1. The van der Waals surface area contributed by atoms with Crippen LogP contribution in [-0.2, 0) is 6.18 Å². The maximum Gasteiger partial charge on any atom is 0.416 e. The first-order valence-electron chi connectivity index (χ1n) is 11.4. The van der Waals surface area contributed by atoms with Crippen LogP contribution in [-0.4, -0.2) is 57.0 Å². The van der Waals surface area contributed by atoms with Crippen molar-refractivity contribution < 1.29 is 22.5 Å². The largest absolute Gasteiger partial charge is 0.416 e. The minimum atomic E-state index is -4.47. The van der Waals surface area contributed by atoms with Crippen LogP contribution in [0.5, 0.6) is 0 Å². The minimum Gasteiger partial charge on any atom is -0.360 e. The molecule has 3 heterocycles. The predicted molar refractivity (Wildman–Crippen MR) is 125 cm³/mol. The Kier molecular flexibility index (Phi) is 6.09. The number of nitrogens with zero attached hydrogens (tertiary/aromatic N) is 4. The Morgan fingerprint density at radius 3 is 2.58 bits per heavy atom. The van der Waals surface area contributed by atoms with Crippen molar-refractivity contribution in [2.45, 2.75) is 19.1 Å². The van der Waals surface area contributed by atoms with E-state index in [4.69, 9.17) is 4.52 Å². The van der Waals surface area contributed by atoms with Gasteiger partial charge in [-0.05, 0) is 31.2 Å². The van der Waals surface area contributed by atoms with Crippen molar-refractivity contribution in [2.24, 2.45) is 0 Å². The third-order valence-electron chi connectivity index (χ3n) is 6.42. The zero-order chi connectivity index (χ0) is 25.4. The van der Waals surface area contributed by atoms with Crippen molar-refractivity contribution >= 4 is 16.8 Å². The number of alkyl halides is 3. The molecule has 1 aliphatic heterocycles. The molecule has 1 amide bonds. The summed E-state index contributed by atoms with van der Waals surface area (Å²) in [6.07, 6.45) is -3.01. The fourth-order valence-electron chi connectivity index (χ4n) is 4.32. The van der Waals surface area contributed by atoms with E-state index in [0.717, 1.165) is 12.1 Å². The molecule has 1 aliphatic rings. The number of hydrogen-bond donors (Lipinski definition) is 1. The van der Waals surface area contributed by atoms with Crippen LogP contribution < -0.4 is 5.43 Å². The summed E-state index contributed by atoms with van der Waals surface area (Å²) in [5, 5.41) is 4.32. The number of carbonyl (C=O) groups is 1. The Morgan fingerprint density at radius 2 is 1.83 bits per heavy atom. The molecule has 0 radical (unpaired) electrons. The number of hydrogen-bond acceptors (Lipinski definition) is 6. The van der Waals surface area contributed by atoms with Crippen LogP contribution in [0, 0.1) is 0 Å². The summed E-state index contributed by atoms with van der Waals surface area (Å²) in [4.78, 5) is 36.8. The van der Waals surface area contributed by atoms with Gasteiger partial charge >= 0.3 is 6.18 Å². The number of fused-ring (bicyclic) bond motifs is 1. The number of nitrogens with one attached hydrogen (secondary N) is 1. The third kappa shape index (κ3) is 4.49. The Hall–Kier alpha value is -3.99.